The number of halogens is 5. The van der Waals surface area contributed by atoms with Crippen molar-refractivity contribution in [1.82, 2.24) is 0 Å². The monoisotopic (exact) mass is 302 g/mol. The SMILES string of the molecule is CC(=O)C(Cl)c1ccc(SC(F)(F)F)cc1Cl. The summed E-state index contributed by atoms with van der Waals surface area (Å²) in [4.78, 5) is 11.0. The Hall–Kier alpha value is -0.390. The summed E-state index contributed by atoms with van der Waals surface area (Å²) >= 11 is 11.3. The van der Waals surface area contributed by atoms with Crippen LogP contribution in [-0.4, -0.2) is 11.3 Å². The summed E-state index contributed by atoms with van der Waals surface area (Å²) in [6.45, 7) is 1.28. The molecule has 1 nitrogen and oxygen atoms in total. The van der Waals surface area contributed by atoms with Crippen molar-refractivity contribution in [2.45, 2.75) is 22.7 Å². The fourth-order valence-electron chi connectivity index (χ4n) is 1.13. The molecule has 1 rings (SSSR count). The van der Waals surface area contributed by atoms with Crippen molar-refractivity contribution >= 4 is 40.7 Å². The lowest BCUT2D eigenvalue weighted by atomic mass is 10.1. The van der Waals surface area contributed by atoms with E-state index in [4.69, 9.17) is 23.2 Å². The zero-order valence-electron chi connectivity index (χ0n) is 8.52. The van der Waals surface area contributed by atoms with E-state index in [1.807, 2.05) is 0 Å². The molecule has 0 bridgehead atoms. The Morgan fingerprint density at radius 1 is 1.41 bits per heavy atom. The molecule has 1 aromatic carbocycles. The first-order valence-electron chi connectivity index (χ1n) is 4.40. The molecule has 0 N–H and O–H groups in total. The van der Waals surface area contributed by atoms with E-state index in [2.05, 4.69) is 0 Å². The van der Waals surface area contributed by atoms with Crippen molar-refractivity contribution < 1.29 is 18.0 Å². The molecule has 0 fully saturated rings. The number of Topliss-reactive ketones (excluding diaryl/α,β-unsaturated/α-hetero) is 1. The topological polar surface area (TPSA) is 17.1 Å². The third-order valence-corrected chi connectivity index (χ3v) is 3.43. The molecule has 0 heterocycles. The van der Waals surface area contributed by atoms with E-state index >= 15 is 0 Å². The van der Waals surface area contributed by atoms with Gasteiger partial charge in [-0.3, -0.25) is 4.79 Å². The smallest absolute Gasteiger partial charge is 0.298 e. The molecule has 0 radical (unpaired) electrons. The van der Waals surface area contributed by atoms with Gasteiger partial charge in [0.1, 0.15) is 5.38 Å². The summed E-state index contributed by atoms with van der Waals surface area (Å²) in [6, 6.07) is 3.71. The minimum atomic E-state index is -4.37. The minimum Gasteiger partial charge on any atom is -0.298 e. The fraction of sp³-hybridized carbons (Fsp3) is 0.300. The summed E-state index contributed by atoms with van der Waals surface area (Å²) in [6.07, 6.45) is 0. The van der Waals surface area contributed by atoms with E-state index in [-0.39, 0.29) is 27.5 Å². The van der Waals surface area contributed by atoms with Gasteiger partial charge in [-0.15, -0.1) is 11.6 Å². The van der Waals surface area contributed by atoms with E-state index < -0.39 is 10.9 Å². The molecule has 0 aromatic heterocycles. The lowest BCUT2D eigenvalue weighted by Gasteiger charge is -2.11. The maximum atomic E-state index is 12.1. The maximum absolute atomic E-state index is 12.1. The Labute approximate surface area is 110 Å². The van der Waals surface area contributed by atoms with Gasteiger partial charge >= 0.3 is 5.51 Å². The van der Waals surface area contributed by atoms with Crippen molar-refractivity contribution in [2.24, 2.45) is 0 Å². The van der Waals surface area contributed by atoms with Gasteiger partial charge in [0.25, 0.3) is 0 Å². The highest BCUT2D eigenvalue weighted by Gasteiger charge is 2.29. The number of rotatable bonds is 3. The van der Waals surface area contributed by atoms with Gasteiger partial charge < -0.3 is 0 Å². The molecule has 0 aliphatic rings. The van der Waals surface area contributed by atoms with Crippen LogP contribution in [0.15, 0.2) is 23.1 Å². The van der Waals surface area contributed by atoms with Crippen LogP contribution in [0.5, 0.6) is 0 Å². The second kappa shape index (κ2) is 5.50. The number of alkyl halides is 4. The molecule has 7 heteroatoms. The van der Waals surface area contributed by atoms with Crippen LogP contribution >= 0.6 is 35.0 Å². The highest BCUT2D eigenvalue weighted by Crippen LogP contribution is 2.39. The Bertz CT molecular complexity index is 434. The van der Waals surface area contributed by atoms with Gasteiger partial charge in [-0.25, -0.2) is 0 Å². The van der Waals surface area contributed by atoms with Crippen LogP contribution < -0.4 is 0 Å². The molecule has 0 amide bonds. The summed E-state index contributed by atoms with van der Waals surface area (Å²) in [5, 5.41) is -0.887. The molecule has 0 saturated heterocycles. The predicted molar refractivity (Wildman–Crippen MR) is 62.6 cm³/mol. The third kappa shape index (κ3) is 4.41. The highest BCUT2D eigenvalue weighted by atomic mass is 35.5. The Balaban J connectivity index is 2.98. The molecule has 0 spiro atoms. The summed E-state index contributed by atoms with van der Waals surface area (Å²) in [5.41, 5.74) is -4.06. The van der Waals surface area contributed by atoms with Gasteiger partial charge in [0.05, 0.1) is 0 Å². The van der Waals surface area contributed by atoms with Crippen LogP contribution in [0.25, 0.3) is 0 Å². The standard InChI is InChI=1S/C10H7Cl2F3OS/c1-5(16)9(12)7-3-2-6(4-8(7)11)17-10(13,14)15/h2-4,9H,1H3. The number of hydrogen-bond acceptors (Lipinski definition) is 2. The Morgan fingerprint density at radius 3 is 2.41 bits per heavy atom. The van der Waals surface area contributed by atoms with Gasteiger partial charge in [-0.2, -0.15) is 13.2 Å². The molecule has 1 aromatic rings. The van der Waals surface area contributed by atoms with E-state index in [1.165, 1.54) is 19.1 Å². The van der Waals surface area contributed by atoms with Gasteiger partial charge in [-0.1, -0.05) is 17.7 Å². The number of benzene rings is 1. The van der Waals surface area contributed by atoms with Crippen molar-refractivity contribution in [3.8, 4) is 0 Å². The fourth-order valence-corrected chi connectivity index (χ4v) is 2.31. The van der Waals surface area contributed by atoms with E-state index in [9.17, 15) is 18.0 Å². The average Bonchev–Trinajstić information content (AvgIpc) is 2.14. The predicted octanol–water partition coefficient (Wildman–Crippen LogP) is 4.82. The second-order valence-electron chi connectivity index (χ2n) is 3.20. The van der Waals surface area contributed by atoms with Crippen LogP contribution in [0.4, 0.5) is 13.2 Å². The first-order chi connectivity index (χ1) is 7.70. The van der Waals surface area contributed by atoms with E-state index in [0.717, 1.165) is 6.07 Å². The zero-order chi connectivity index (χ0) is 13.2. The summed E-state index contributed by atoms with van der Waals surface area (Å²) in [5.74, 6) is -0.315. The molecular weight excluding hydrogens is 296 g/mol. The van der Waals surface area contributed by atoms with Crippen LogP contribution in [0.2, 0.25) is 5.02 Å². The van der Waals surface area contributed by atoms with Crippen molar-refractivity contribution in [2.75, 3.05) is 0 Å². The minimum absolute atomic E-state index is 0.0429. The van der Waals surface area contributed by atoms with Crippen LogP contribution in [0.3, 0.4) is 0 Å². The number of carbonyl (C=O) groups is 1. The lowest BCUT2D eigenvalue weighted by molar-refractivity contribution is -0.116. The number of ketones is 1. The zero-order valence-corrected chi connectivity index (χ0v) is 10.8. The quantitative estimate of drug-likeness (QED) is 0.588. The largest absolute Gasteiger partial charge is 0.446 e. The van der Waals surface area contributed by atoms with Crippen molar-refractivity contribution in [3.05, 3.63) is 28.8 Å². The Morgan fingerprint density at radius 2 is 2.00 bits per heavy atom. The molecule has 0 saturated carbocycles. The molecule has 17 heavy (non-hydrogen) atoms. The van der Waals surface area contributed by atoms with Gasteiger partial charge in [0.2, 0.25) is 0 Å². The molecule has 94 valence electrons. The first kappa shape index (κ1) is 14.7. The maximum Gasteiger partial charge on any atom is 0.446 e. The molecule has 1 atom stereocenters. The van der Waals surface area contributed by atoms with Gasteiger partial charge in [0.15, 0.2) is 5.78 Å². The van der Waals surface area contributed by atoms with Crippen molar-refractivity contribution in [1.29, 1.82) is 0 Å². The molecular formula is C10H7Cl2F3OS. The number of hydrogen-bond donors (Lipinski definition) is 0. The molecule has 0 aliphatic carbocycles. The number of thioether (sulfide) groups is 1. The van der Waals surface area contributed by atoms with Crippen molar-refractivity contribution in [3.63, 3.8) is 0 Å². The third-order valence-electron chi connectivity index (χ3n) is 1.84. The van der Waals surface area contributed by atoms with Crippen LogP contribution in [0, 0.1) is 0 Å². The lowest BCUT2D eigenvalue weighted by Crippen LogP contribution is -2.03. The summed E-state index contributed by atoms with van der Waals surface area (Å²) < 4.78 is 36.3. The second-order valence-corrected chi connectivity index (χ2v) is 5.19. The normalized spacial score (nSPS) is 13.5. The van der Waals surface area contributed by atoms with Crippen LogP contribution in [0.1, 0.15) is 17.9 Å². The number of carbonyl (C=O) groups excluding carboxylic acids is 1. The van der Waals surface area contributed by atoms with E-state index in [0.29, 0.717) is 5.56 Å². The van der Waals surface area contributed by atoms with E-state index in [1.54, 1.807) is 0 Å². The average molecular weight is 303 g/mol. The van der Waals surface area contributed by atoms with Gasteiger partial charge in [0, 0.05) is 9.92 Å². The van der Waals surface area contributed by atoms with Crippen LogP contribution in [-0.2, 0) is 4.79 Å². The molecule has 0 aliphatic heterocycles. The molecule has 1 unspecified atom stereocenters. The Kier molecular flexibility index (Phi) is 4.75. The first-order valence-corrected chi connectivity index (χ1v) is 6.03. The highest BCUT2D eigenvalue weighted by molar-refractivity contribution is 8.00. The summed E-state index contributed by atoms with van der Waals surface area (Å²) in [7, 11) is 0. The van der Waals surface area contributed by atoms with Gasteiger partial charge in [-0.05, 0) is 36.4 Å².